The van der Waals surface area contributed by atoms with Gasteiger partial charge in [-0.3, -0.25) is 0 Å². The van der Waals surface area contributed by atoms with Crippen LogP contribution in [0.3, 0.4) is 0 Å². The molecule has 0 spiro atoms. The molecule has 0 aliphatic rings. The van der Waals surface area contributed by atoms with Gasteiger partial charge in [0.15, 0.2) is 0 Å². The second-order valence-electron chi connectivity index (χ2n) is 4.56. The van der Waals surface area contributed by atoms with Gasteiger partial charge in [-0.25, -0.2) is 4.39 Å². The highest BCUT2D eigenvalue weighted by atomic mass is 19.1. The average Bonchev–Trinajstić information content (AvgIpc) is 2.42. The number of hydrogen-bond donors (Lipinski definition) is 1. The van der Waals surface area contributed by atoms with E-state index in [9.17, 15) is 4.39 Å². The van der Waals surface area contributed by atoms with E-state index in [0.717, 1.165) is 12.0 Å². The lowest BCUT2D eigenvalue weighted by Crippen LogP contribution is -1.99. The van der Waals surface area contributed by atoms with Gasteiger partial charge in [0, 0.05) is 6.07 Å². The van der Waals surface area contributed by atoms with Crippen LogP contribution in [0.15, 0.2) is 36.4 Å². The molecule has 2 N–H and O–H groups in total. The second-order valence-corrected chi connectivity index (χ2v) is 4.56. The monoisotopic (exact) mass is 275 g/mol. The summed E-state index contributed by atoms with van der Waals surface area (Å²) in [5.41, 5.74) is 7.15. The summed E-state index contributed by atoms with van der Waals surface area (Å²) in [6.45, 7) is 4.42. The first kappa shape index (κ1) is 14.2. The molecule has 0 bridgehead atoms. The first-order chi connectivity index (χ1) is 9.60. The predicted molar refractivity (Wildman–Crippen MR) is 77.9 cm³/mol. The Kier molecular flexibility index (Phi) is 4.45. The SMILES string of the molecule is CCCOc1cc(Oc2ccc(F)cc2C)ccc1N. The standard InChI is InChI=1S/C16H18FNO2/c1-3-8-19-16-10-13(5-6-14(16)18)20-15-7-4-12(17)9-11(15)2/h4-7,9-10H,3,8,18H2,1-2H3. The molecule has 0 aliphatic carbocycles. The molecule has 2 aromatic rings. The van der Waals surface area contributed by atoms with Crippen LogP contribution in [0.1, 0.15) is 18.9 Å². The molecule has 0 heterocycles. The number of nitrogens with two attached hydrogens (primary N) is 1. The van der Waals surface area contributed by atoms with Crippen molar-refractivity contribution in [3.63, 3.8) is 0 Å². The van der Waals surface area contributed by atoms with Crippen molar-refractivity contribution < 1.29 is 13.9 Å². The van der Waals surface area contributed by atoms with Crippen LogP contribution in [0.5, 0.6) is 17.2 Å². The van der Waals surface area contributed by atoms with E-state index in [1.807, 2.05) is 6.92 Å². The maximum atomic E-state index is 13.1. The van der Waals surface area contributed by atoms with Crippen molar-refractivity contribution in [3.8, 4) is 17.2 Å². The number of halogens is 1. The molecule has 106 valence electrons. The fourth-order valence-corrected chi connectivity index (χ4v) is 1.77. The average molecular weight is 275 g/mol. The van der Waals surface area contributed by atoms with Gasteiger partial charge < -0.3 is 15.2 Å². The molecule has 2 aromatic carbocycles. The third-order valence-electron chi connectivity index (χ3n) is 2.81. The highest BCUT2D eigenvalue weighted by Crippen LogP contribution is 2.31. The van der Waals surface area contributed by atoms with Gasteiger partial charge in [-0.1, -0.05) is 6.92 Å². The molecule has 20 heavy (non-hydrogen) atoms. The van der Waals surface area contributed by atoms with Crippen LogP contribution in [0.25, 0.3) is 0 Å². The van der Waals surface area contributed by atoms with Crippen LogP contribution in [0, 0.1) is 12.7 Å². The van der Waals surface area contributed by atoms with Crippen LogP contribution >= 0.6 is 0 Å². The van der Waals surface area contributed by atoms with Gasteiger partial charge in [-0.05, 0) is 49.2 Å². The van der Waals surface area contributed by atoms with E-state index >= 15 is 0 Å². The van der Waals surface area contributed by atoms with Crippen LogP contribution in [-0.4, -0.2) is 6.61 Å². The molecular formula is C16H18FNO2. The summed E-state index contributed by atoms with van der Waals surface area (Å²) < 4.78 is 24.3. The summed E-state index contributed by atoms with van der Waals surface area (Å²) in [5, 5.41) is 0. The normalized spacial score (nSPS) is 10.3. The minimum atomic E-state index is -0.279. The number of anilines is 1. The Morgan fingerprint density at radius 2 is 1.90 bits per heavy atom. The number of nitrogen functional groups attached to an aromatic ring is 1. The number of benzene rings is 2. The van der Waals surface area contributed by atoms with Gasteiger partial charge in [-0.15, -0.1) is 0 Å². The quantitative estimate of drug-likeness (QED) is 0.827. The summed E-state index contributed by atoms with van der Waals surface area (Å²) in [4.78, 5) is 0. The van der Waals surface area contributed by atoms with E-state index in [0.29, 0.717) is 29.5 Å². The summed E-state index contributed by atoms with van der Waals surface area (Å²) >= 11 is 0. The maximum Gasteiger partial charge on any atom is 0.145 e. The number of hydrogen-bond acceptors (Lipinski definition) is 3. The Hall–Kier alpha value is -2.23. The van der Waals surface area contributed by atoms with Crippen LogP contribution in [0.4, 0.5) is 10.1 Å². The molecule has 0 radical (unpaired) electrons. The fraction of sp³-hybridized carbons (Fsp3) is 0.250. The van der Waals surface area contributed by atoms with Crippen LogP contribution in [-0.2, 0) is 0 Å². The van der Waals surface area contributed by atoms with Crippen molar-refractivity contribution in [2.45, 2.75) is 20.3 Å². The topological polar surface area (TPSA) is 44.5 Å². The highest BCUT2D eigenvalue weighted by Gasteiger charge is 2.06. The van der Waals surface area contributed by atoms with E-state index in [-0.39, 0.29) is 5.82 Å². The number of aryl methyl sites for hydroxylation is 1. The molecule has 0 saturated carbocycles. The molecule has 0 fully saturated rings. The van der Waals surface area contributed by atoms with Crippen molar-refractivity contribution in [1.82, 2.24) is 0 Å². The van der Waals surface area contributed by atoms with E-state index in [1.165, 1.54) is 12.1 Å². The van der Waals surface area contributed by atoms with Crippen LogP contribution in [0.2, 0.25) is 0 Å². The van der Waals surface area contributed by atoms with Crippen LogP contribution < -0.4 is 15.2 Å². The molecule has 0 unspecified atom stereocenters. The van der Waals surface area contributed by atoms with Gasteiger partial charge >= 0.3 is 0 Å². The Labute approximate surface area is 118 Å². The highest BCUT2D eigenvalue weighted by molar-refractivity contribution is 5.56. The summed E-state index contributed by atoms with van der Waals surface area (Å²) in [5.74, 6) is 1.54. The number of ether oxygens (including phenoxy) is 2. The second kappa shape index (κ2) is 6.28. The lowest BCUT2D eigenvalue weighted by molar-refractivity contribution is 0.317. The Morgan fingerprint density at radius 1 is 1.10 bits per heavy atom. The van der Waals surface area contributed by atoms with Crippen molar-refractivity contribution in [3.05, 3.63) is 47.8 Å². The zero-order chi connectivity index (χ0) is 14.5. The molecule has 4 heteroatoms. The third kappa shape index (κ3) is 3.41. The predicted octanol–water partition coefficient (Wildman–Crippen LogP) is 4.30. The molecule has 0 amide bonds. The zero-order valence-corrected chi connectivity index (χ0v) is 11.7. The lowest BCUT2D eigenvalue weighted by atomic mass is 10.2. The Balaban J connectivity index is 2.20. The van der Waals surface area contributed by atoms with Crippen molar-refractivity contribution in [2.75, 3.05) is 12.3 Å². The molecule has 2 rings (SSSR count). The van der Waals surface area contributed by atoms with Crippen molar-refractivity contribution >= 4 is 5.69 Å². The largest absolute Gasteiger partial charge is 0.491 e. The van der Waals surface area contributed by atoms with Gasteiger partial charge in [0.2, 0.25) is 0 Å². The first-order valence-electron chi connectivity index (χ1n) is 6.56. The van der Waals surface area contributed by atoms with Crippen molar-refractivity contribution in [2.24, 2.45) is 0 Å². The maximum absolute atomic E-state index is 13.1. The van der Waals surface area contributed by atoms with E-state index in [4.69, 9.17) is 15.2 Å². The number of rotatable bonds is 5. The summed E-state index contributed by atoms with van der Waals surface area (Å²) in [6, 6.07) is 9.65. The van der Waals surface area contributed by atoms with Gasteiger partial charge in [0.25, 0.3) is 0 Å². The molecule has 3 nitrogen and oxygen atoms in total. The van der Waals surface area contributed by atoms with E-state index in [2.05, 4.69) is 0 Å². The minimum Gasteiger partial charge on any atom is -0.491 e. The molecule has 0 aliphatic heterocycles. The first-order valence-corrected chi connectivity index (χ1v) is 6.56. The fourth-order valence-electron chi connectivity index (χ4n) is 1.77. The Morgan fingerprint density at radius 3 is 2.60 bits per heavy atom. The zero-order valence-electron chi connectivity index (χ0n) is 11.7. The summed E-state index contributed by atoms with van der Waals surface area (Å²) in [6.07, 6.45) is 0.904. The molecule has 0 atom stereocenters. The van der Waals surface area contributed by atoms with Gasteiger partial charge in [0.05, 0.1) is 12.3 Å². The van der Waals surface area contributed by atoms with Gasteiger partial charge in [-0.2, -0.15) is 0 Å². The smallest absolute Gasteiger partial charge is 0.145 e. The van der Waals surface area contributed by atoms with E-state index < -0.39 is 0 Å². The van der Waals surface area contributed by atoms with Gasteiger partial charge in [0.1, 0.15) is 23.1 Å². The molecule has 0 aromatic heterocycles. The third-order valence-corrected chi connectivity index (χ3v) is 2.81. The van der Waals surface area contributed by atoms with Crippen molar-refractivity contribution in [1.29, 1.82) is 0 Å². The summed E-state index contributed by atoms with van der Waals surface area (Å²) in [7, 11) is 0. The lowest BCUT2D eigenvalue weighted by Gasteiger charge is -2.12. The minimum absolute atomic E-state index is 0.279. The molecular weight excluding hydrogens is 257 g/mol. The molecule has 0 saturated heterocycles. The Bertz CT molecular complexity index is 599. The van der Waals surface area contributed by atoms with E-state index in [1.54, 1.807) is 31.2 Å².